The number of pyridine rings is 3. The molecule has 216 valence electrons. The van der Waals surface area contributed by atoms with Crippen LogP contribution in [0, 0.1) is 0 Å². The number of nitrogens with zero attached hydrogens (tertiary/aromatic N) is 6. The Morgan fingerprint density at radius 2 is 0.935 bits per heavy atom. The molecule has 4 heterocycles. The summed E-state index contributed by atoms with van der Waals surface area (Å²) < 4.78 is 0. The monoisotopic (exact) mass is 590 g/mol. The van der Waals surface area contributed by atoms with Crippen LogP contribution in [0.1, 0.15) is 0 Å². The molecular weight excluding hydrogens is 564 g/mol. The van der Waals surface area contributed by atoms with Crippen molar-refractivity contribution in [3.8, 4) is 67.8 Å². The van der Waals surface area contributed by atoms with Crippen molar-refractivity contribution in [3.63, 3.8) is 0 Å². The molecule has 0 aliphatic heterocycles. The normalized spacial score (nSPS) is 11.0. The Morgan fingerprint density at radius 3 is 1.65 bits per heavy atom. The molecule has 8 rings (SSSR count). The molecule has 6 heteroatoms. The Hall–Kier alpha value is -6.40. The minimum atomic E-state index is 0.590. The van der Waals surface area contributed by atoms with E-state index in [4.69, 9.17) is 19.9 Å². The quantitative estimate of drug-likeness (QED) is 0.192. The first-order valence-corrected chi connectivity index (χ1v) is 15.0. The Bertz CT molecular complexity index is 2200. The Balaban J connectivity index is 1.23. The van der Waals surface area contributed by atoms with Gasteiger partial charge in [-0.15, -0.1) is 0 Å². The van der Waals surface area contributed by atoms with Crippen LogP contribution in [-0.2, 0) is 0 Å². The topological polar surface area (TPSA) is 77.3 Å². The van der Waals surface area contributed by atoms with Crippen LogP contribution in [0.3, 0.4) is 0 Å². The third-order valence-electron chi connectivity index (χ3n) is 7.92. The van der Waals surface area contributed by atoms with Crippen LogP contribution in [-0.4, -0.2) is 29.9 Å². The molecule has 8 aromatic rings. The highest BCUT2D eigenvalue weighted by Crippen LogP contribution is 2.30. The van der Waals surface area contributed by atoms with Crippen molar-refractivity contribution in [2.75, 3.05) is 0 Å². The molecule has 0 radical (unpaired) electrons. The van der Waals surface area contributed by atoms with Gasteiger partial charge < -0.3 is 0 Å². The molecule has 4 aromatic heterocycles. The molecule has 0 aliphatic carbocycles. The Labute approximate surface area is 266 Å². The minimum Gasteiger partial charge on any atom is -0.265 e. The molecule has 4 aromatic carbocycles. The van der Waals surface area contributed by atoms with Gasteiger partial charge >= 0.3 is 0 Å². The highest BCUT2D eigenvalue weighted by molar-refractivity contribution is 5.85. The van der Waals surface area contributed by atoms with Crippen LogP contribution in [0.4, 0.5) is 0 Å². The summed E-state index contributed by atoms with van der Waals surface area (Å²) in [6.07, 6.45) is 7.32. The lowest BCUT2D eigenvalue weighted by Crippen LogP contribution is -2.00. The van der Waals surface area contributed by atoms with E-state index in [0.29, 0.717) is 17.5 Å². The lowest BCUT2D eigenvalue weighted by molar-refractivity contribution is 1.07. The maximum Gasteiger partial charge on any atom is 0.164 e. The van der Waals surface area contributed by atoms with Gasteiger partial charge in [-0.2, -0.15) is 0 Å². The van der Waals surface area contributed by atoms with Crippen molar-refractivity contribution >= 4 is 10.8 Å². The van der Waals surface area contributed by atoms with Crippen LogP contribution >= 0.6 is 0 Å². The van der Waals surface area contributed by atoms with Crippen LogP contribution in [0.2, 0.25) is 0 Å². The van der Waals surface area contributed by atoms with Gasteiger partial charge in [0.15, 0.2) is 17.5 Å². The van der Waals surface area contributed by atoms with Crippen molar-refractivity contribution in [2.45, 2.75) is 0 Å². The number of benzene rings is 4. The maximum absolute atomic E-state index is 5.00. The lowest BCUT2D eigenvalue weighted by atomic mass is 10.0. The number of hydrogen-bond acceptors (Lipinski definition) is 6. The molecule has 0 fully saturated rings. The lowest BCUT2D eigenvalue weighted by Gasteiger charge is -2.11. The summed E-state index contributed by atoms with van der Waals surface area (Å²) in [6, 6.07) is 44.9. The fraction of sp³-hybridized carbons (Fsp3) is 0. The van der Waals surface area contributed by atoms with Crippen LogP contribution in [0.15, 0.2) is 158 Å². The van der Waals surface area contributed by atoms with E-state index in [2.05, 4.69) is 58.5 Å². The predicted octanol–water partition coefficient (Wildman–Crippen LogP) is 9.21. The number of aromatic nitrogens is 6. The summed E-state index contributed by atoms with van der Waals surface area (Å²) in [5, 5.41) is 2.28. The van der Waals surface area contributed by atoms with E-state index in [1.54, 1.807) is 18.6 Å². The van der Waals surface area contributed by atoms with Crippen LogP contribution in [0.25, 0.3) is 78.6 Å². The molecule has 46 heavy (non-hydrogen) atoms. The summed E-state index contributed by atoms with van der Waals surface area (Å²) in [6.45, 7) is 0. The van der Waals surface area contributed by atoms with Crippen molar-refractivity contribution < 1.29 is 0 Å². The van der Waals surface area contributed by atoms with Gasteiger partial charge in [0, 0.05) is 58.0 Å². The average molecular weight is 591 g/mol. The molecule has 0 amide bonds. The van der Waals surface area contributed by atoms with Crippen LogP contribution < -0.4 is 0 Å². The number of hydrogen-bond donors (Lipinski definition) is 0. The summed E-state index contributed by atoms with van der Waals surface area (Å²) in [7, 11) is 0. The fourth-order valence-electron chi connectivity index (χ4n) is 5.53. The summed E-state index contributed by atoms with van der Waals surface area (Å²) in [4.78, 5) is 28.4. The zero-order valence-electron chi connectivity index (χ0n) is 24.7. The van der Waals surface area contributed by atoms with Crippen molar-refractivity contribution in [3.05, 3.63) is 158 Å². The van der Waals surface area contributed by atoms with E-state index < -0.39 is 0 Å². The van der Waals surface area contributed by atoms with Gasteiger partial charge in [0.25, 0.3) is 0 Å². The summed E-state index contributed by atoms with van der Waals surface area (Å²) in [5.74, 6) is 1.78. The molecule has 0 spiro atoms. The Morgan fingerprint density at radius 1 is 0.326 bits per heavy atom. The number of rotatable bonds is 6. The second kappa shape index (κ2) is 11.9. The minimum absolute atomic E-state index is 0.590. The van der Waals surface area contributed by atoms with Gasteiger partial charge in [-0.05, 0) is 59.0 Å². The predicted molar refractivity (Wildman–Crippen MR) is 183 cm³/mol. The van der Waals surface area contributed by atoms with Gasteiger partial charge in [0.2, 0.25) is 0 Å². The van der Waals surface area contributed by atoms with E-state index in [1.807, 2.05) is 91.1 Å². The zero-order chi connectivity index (χ0) is 30.7. The van der Waals surface area contributed by atoms with E-state index in [1.165, 1.54) is 0 Å². The molecule has 0 unspecified atom stereocenters. The molecule has 0 saturated heterocycles. The highest BCUT2D eigenvalue weighted by Gasteiger charge is 2.14. The van der Waals surface area contributed by atoms with E-state index in [0.717, 1.165) is 61.1 Å². The Kier molecular flexibility index (Phi) is 7.05. The average Bonchev–Trinajstić information content (AvgIpc) is 3.15. The molecule has 0 saturated carbocycles. The van der Waals surface area contributed by atoms with Crippen molar-refractivity contribution in [2.24, 2.45) is 0 Å². The van der Waals surface area contributed by atoms with E-state index >= 15 is 0 Å². The maximum atomic E-state index is 5.00. The first-order chi connectivity index (χ1) is 22.8. The second-order valence-corrected chi connectivity index (χ2v) is 10.9. The zero-order valence-corrected chi connectivity index (χ0v) is 24.7. The third kappa shape index (κ3) is 5.51. The summed E-state index contributed by atoms with van der Waals surface area (Å²) >= 11 is 0. The van der Waals surface area contributed by atoms with Gasteiger partial charge in [0.05, 0.1) is 11.4 Å². The molecule has 0 bridgehead atoms. The fourth-order valence-corrected chi connectivity index (χ4v) is 5.53. The van der Waals surface area contributed by atoms with Gasteiger partial charge in [-0.25, -0.2) is 15.0 Å². The van der Waals surface area contributed by atoms with E-state index in [9.17, 15) is 0 Å². The largest absolute Gasteiger partial charge is 0.265 e. The third-order valence-corrected chi connectivity index (χ3v) is 7.92. The SMILES string of the molecule is c1ccc(-c2cccc(-c3nc(-c4ccc(-c5cc6ccccc6cn5)cc4)nc(-c4cccc(-c5ccncc5)c4)n3)c2)nc1. The first kappa shape index (κ1) is 27.2. The number of fused-ring (bicyclic) bond motifs is 1. The first-order valence-electron chi connectivity index (χ1n) is 15.0. The van der Waals surface area contributed by atoms with Gasteiger partial charge in [-0.3, -0.25) is 15.0 Å². The van der Waals surface area contributed by atoms with Crippen molar-refractivity contribution in [1.29, 1.82) is 0 Å². The second-order valence-electron chi connectivity index (χ2n) is 10.9. The van der Waals surface area contributed by atoms with Crippen molar-refractivity contribution in [1.82, 2.24) is 29.9 Å². The van der Waals surface area contributed by atoms with Gasteiger partial charge in [-0.1, -0.05) is 91.0 Å². The standard InChI is InChI=1S/C40H26N6/c1-2-8-35-26-43-37(25-31(35)7-1)28-14-16-29(17-15-28)38-44-39(33-11-5-9-30(23-33)27-18-21-41-22-19-27)46-40(45-38)34-12-6-10-32(24-34)36-13-3-4-20-42-36/h1-26H. The molecular formula is C40H26N6. The van der Waals surface area contributed by atoms with Crippen LogP contribution in [0.5, 0.6) is 0 Å². The molecule has 6 nitrogen and oxygen atoms in total. The van der Waals surface area contributed by atoms with E-state index in [-0.39, 0.29) is 0 Å². The molecule has 0 atom stereocenters. The smallest absolute Gasteiger partial charge is 0.164 e. The highest BCUT2D eigenvalue weighted by atomic mass is 15.0. The molecule has 0 aliphatic rings. The summed E-state index contributed by atoms with van der Waals surface area (Å²) in [5.41, 5.74) is 8.64. The van der Waals surface area contributed by atoms with Gasteiger partial charge in [0.1, 0.15) is 0 Å². The molecule has 0 N–H and O–H groups in total.